The molecule has 1 atom stereocenters. The van der Waals surface area contributed by atoms with E-state index >= 15 is 0 Å². The summed E-state index contributed by atoms with van der Waals surface area (Å²) in [6, 6.07) is 10.1. The van der Waals surface area contributed by atoms with Gasteiger partial charge in [0.1, 0.15) is 0 Å². The fourth-order valence-corrected chi connectivity index (χ4v) is 2.32. The molecule has 3 aromatic rings. The lowest BCUT2D eigenvalue weighted by Crippen LogP contribution is -2.18. The van der Waals surface area contributed by atoms with Gasteiger partial charge < -0.3 is 14.8 Å². The van der Waals surface area contributed by atoms with Gasteiger partial charge in [-0.1, -0.05) is 35.5 Å². The van der Waals surface area contributed by atoms with Crippen LogP contribution in [0.4, 0.5) is 0 Å². The fraction of sp³-hybridized carbons (Fsp3) is 0.267. The highest BCUT2D eigenvalue weighted by atomic mass is 16.5. The Hall–Kier alpha value is -2.47. The molecule has 0 spiro atoms. The standard InChI is InChI=1S/C15H17N5O/c16-13(8-12-4-2-1-3-5-12)14-9-17-11-20(14)7-6-15-18-10-19-21-15/h1-5,9-11,13H,6-8,16H2/t13-/m1/s1. The van der Waals surface area contributed by atoms with Crippen molar-refractivity contribution in [3.63, 3.8) is 0 Å². The van der Waals surface area contributed by atoms with E-state index < -0.39 is 0 Å². The summed E-state index contributed by atoms with van der Waals surface area (Å²) in [5, 5.41) is 3.60. The molecule has 0 unspecified atom stereocenters. The van der Waals surface area contributed by atoms with Crippen LogP contribution < -0.4 is 5.73 Å². The molecular formula is C15H17N5O. The van der Waals surface area contributed by atoms with Crippen molar-refractivity contribution >= 4 is 0 Å². The van der Waals surface area contributed by atoms with E-state index in [2.05, 4.69) is 27.3 Å². The van der Waals surface area contributed by atoms with Crippen LogP contribution in [-0.4, -0.2) is 19.7 Å². The second-order valence-corrected chi connectivity index (χ2v) is 4.89. The van der Waals surface area contributed by atoms with Gasteiger partial charge in [-0.05, 0) is 12.0 Å². The highest BCUT2D eigenvalue weighted by Crippen LogP contribution is 2.16. The zero-order valence-electron chi connectivity index (χ0n) is 11.6. The number of nitrogens with two attached hydrogens (primary N) is 1. The number of hydrogen-bond acceptors (Lipinski definition) is 5. The van der Waals surface area contributed by atoms with Crippen LogP contribution in [0, 0.1) is 0 Å². The molecule has 2 heterocycles. The minimum absolute atomic E-state index is 0.0856. The molecule has 108 valence electrons. The Morgan fingerprint density at radius 2 is 2.10 bits per heavy atom. The van der Waals surface area contributed by atoms with Gasteiger partial charge in [-0.15, -0.1) is 0 Å². The average molecular weight is 283 g/mol. The van der Waals surface area contributed by atoms with E-state index in [1.54, 1.807) is 6.33 Å². The van der Waals surface area contributed by atoms with Gasteiger partial charge in [-0.2, -0.15) is 4.98 Å². The minimum atomic E-state index is -0.0856. The summed E-state index contributed by atoms with van der Waals surface area (Å²) in [5.41, 5.74) is 8.54. The third kappa shape index (κ3) is 3.35. The SMILES string of the molecule is N[C@H](Cc1ccccc1)c1cncn1CCc1ncno1. The third-order valence-electron chi connectivity index (χ3n) is 3.40. The Bertz CT molecular complexity index is 662. The maximum atomic E-state index is 6.31. The van der Waals surface area contributed by atoms with E-state index in [1.807, 2.05) is 29.0 Å². The third-order valence-corrected chi connectivity index (χ3v) is 3.40. The normalized spacial score (nSPS) is 12.4. The van der Waals surface area contributed by atoms with Gasteiger partial charge >= 0.3 is 0 Å². The van der Waals surface area contributed by atoms with E-state index in [0.717, 1.165) is 18.7 Å². The van der Waals surface area contributed by atoms with Crippen LogP contribution in [0.15, 0.2) is 53.7 Å². The summed E-state index contributed by atoms with van der Waals surface area (Å²) < 4.78 is 7.04. The number of rotatable bonds is 6. The van der Waals surface area contributed by atoms with Crippen molar-refractivity contribution in [3.8, 4) is 0 Å². The van der Waals surface area contributed by atoms with Crippen LogP contribution in [-0.2, 0) is 19.4 Å². The summed E-state index contributed by atoms with van der Waals surface area (Å²) in [6.45, 7) is 0.722. The molecule has 0 aliphatic carbocycles. The van der Waals surface area contributed by atoms with Gasteiger partial charge in [0.15, 0.2) is 6.33 Å². The Kier molecular flexibility index (Phi) is 4.07. The quantitative estimate of drug-likeness (QED) is 0.745. The van der Waals surface area contributed by atoms with E-state index in [4.69, 9.17) is 10.3 Å². The number of aromatic nitrogens is 4. The molecule has 1 aromatic carbocycles. The van der Waals surface area contributed by atoms with Gasteiger partial charge in [0, 0.05) is 19.2 Å². The molecule has 0 radical (unpaired) electrons. The van der Waals surface area contributed by atoms with E-state index in [0.29, 0.717) is 12.3 Å². The van der Waals surface area contributed by atoms with Crippen molar-refractivity contribution in [2.45, 2.75) is 25.4 Å². The monoisotopic (exact) mass is 283 g/mol. The van der Waals surface area contributed by atoms with Gasteiger partial charge in [-0.3, -0.25) is 0 Å². The predicted molar refractivity (Wildman–Crippen MR) is 77.3 cm³/mol. The van der Waals surface area contributed by atoms with Crippen LogP contribution in [0.1, 0.15) is 23.2 Å². The molecule has 3 rings (SSSR count). The first kappa shape index (κ1) is 13.5. The first-order valence-corrected chi connectivity index (χ1v) is 6.88. The topological polar surface area (TPSA) is 82.8 Å². The number of aryl methyl sites for hydroxylation is 2. The zero-order valence-corrected chi connectivity index (χ0v) is 11.6. The van der Waals surface area contributed by atoms with Gasteiger partial charge in [0.25, 0.3) is 0 Å². The van der Waals surface area contributed by atoms with Crippen molar-refractivity contribution in [2.24, 2.45) is 5.73 Å². The van der Waals surface area contributed by atoms with Crippen molar-refractivity contribution in [1.82, 2.24) is 19.7 Å². The van der Waals surface area contributed by atoms with Crippen LogP contribution in [0.5, 0.6) is 0 Å². The Balaban J connectivity index is 1.66. The number of benzene rings is 1. The second-order valence-electron chi connectivity index (χ2n) is 4.89. The average Bonchev–Trinajstić information content (AvgIpc) is 3.17. The van der Waals surface area contributed by atoms with Crippen molar-refractivity contribution in [2.75, 3.05) is 0 Å². The number of nitrogens with zero attached hydrogens (tertiary/aromatic N) is 4. The molecule has 0 bridgehead atoms. The molecule has 0 fully saturated rings. The molecule has 0 saturated heterocycles. The Labute approximate surface area is 122 Å². The molecule has 0 amide bonds. The second kappa shape index (κ2) is 6.32. The summed E-state index contributed by atoms with van der Waals surface area (Å²) >= 11 is 0. The molecule has 21 heavy (non-hydrogen) atoms. The summed E-state index contributed by atoms with van der Waals surface area (Å²) in [4.78, 5) is 8.22. The molecular weight excluding hydrogens is 266 g/mol. The van der Waals surface area contributed by atoms with E-state index in [-0.39, 0.29) is 6.04 Å². The van der Waals surface area contributed by atoms with Crippen LogP contribution >= 0.6 is 0 Å². The molecule has 0 aliphatic heterocycles. The molecule has 0 saturated carbocycles. The number of hydrogen-bond donors (Lipinski definition) is 1. The van der Waals surface area contributed by atoms with E-state index in [9.17, 15) is 0 Å². The first-order chi connectivity index (χ1) is 10.3. The Morgan fingerprint density at radius 1 is 1.24 bits per heavy atom. The first-order valence-electron chi connectivity index (χ1n) is 6.88. The lowest BCUT2D eigenvalue weighted by atomic mass is 10.0. The van der Waals surface area contributed by atoms with Gasteiger partial charge in [0.2, 0.25) is 5.89 Å². The number of imidazole rings is 1. The van der Waals surface area contributed by atoms with E-state index in [1.165, 1.54) is 11.9 Å². The summed E-state index contributed by atoms with van der Waals surface area (Å²) in [5.74, 6) is 0.617. The van der Waals surface area contributed by atoms with Crippen LogP contribution in [0.25, 0.3) is 0 Å². The maximum Gasteiger partial charge on any atom is 0.228 e. The predicted octanol–water partition coefficient (Wildman–Crippen LogP) is 1.75. The summed E-state index contributed by atoms with van der Waals surface area (Å²) in [6.07, 6.45) is 6.47. The van der Waals surface area contributed by atoms with Crippen molar-refractivity contribution in [3.05, 3.63) is 66.3 Å². The van der Waals surface area contributed by atoms with Crippen molar-refractivity contribution in [1.29, 1.82) is 0 Å². The summed E-state index contributed by atoms with van der Waals surface area (Å²) in [7, 11) is 0. The highest BCUT2D eigenvalue weighted by molar-refractivity contribution is 5.18. The molecule has 6 heteroatoms. The highest BCUT2D eigenvalue weighted by Gasteiger charge is 2.13. The molecule has 0 aliphatic rings. The van der Waals surface area contributed by atoms with Gasteiger partial charge in [0.05, 0.1) is 18.1 Å². The maximum absolute atomic E-state index is 6.31. The van der Waals surface area contributed by atoms with Crippen LogP contribution in [0.3, 0.4) is 0 Å². The molecule has 2 N–H and O–H groups in total. The zero-order chi connectivity index (χ0) is 14.5. The van der Waals surface area contributed by atoms with Crippen molar-refractivity contribution < 1.29 is 4.52 Å². The molecule has 2 aromatic heterocycles. The minimum Gasteiger partial charge on any atom is -0.340 e. The fourth-order valence-electron chi connectivity index (χ4n) is 2.32. The van der Waals surface area contributed by atoms with Gasteiger partial charge in [-0.25, -0.2) is 4.98 Å². The Morgan fingerprint density at radius 3 is 2.86 bits per heavy atom. The molecule has 6 nitrogen and oxygen atoms in total. The lowest BCUT2D eigenvalue weighted by Gasteiger charge is -2.14. The largest absolute Gasteiger partial charge is 0.340 e. The lowest BCUT2D eigenvalue weighted by molar-refractivity contribution is 0.369. The van der Waals surface area contributed by atoms with Crippen LogP contribution in [0.2, 0.25) is 0 Å². The smallest absolute Gasteiger partial charge is 0.228 e.